The first-order chi connectivity index (χ1) is 11.3. The summed E-state index contributed by atoms with van der Waals surface area (Å²) in [6, 6.07) is 8.26. The molecule has 0 amide bonds. The maximum absolute atomic E-state index is 9.40. The van der Waals surface area contributed by atoms with Crippen molar-refractivity contribution < 1.29 is 9.52 Å². The normalized spacial score (nSPS) is 18.5. The number of fused-ring (bicyclic) bond motifs is 1. The number of aliphatic hydroxyl groups excluding tert-OH is 1. The van der Waals surface area contributed by atoms with E-state index in [1.807, 2.05) is 24.3 Å². The molecule has 3 rings (SSSR count). The predicted octanol–water partition coefficient (Wildman–Crippen LogP) is 2.15. The van der Waals surface area contributed by atoms with Crippen molar-refractivity contribution >= 4 is 11.1 Å². The van der Waals surface area contributed by atoms with Crippen LogP contribution in [0.3, 0.4) is 0 Å². The Hall–Kier alpha value is -1.43. The number of nitrogens with zero attached hydrogens (tertiary/aromatic N) is 3. The Balaban J connectivity index is 1.41. The first-order valence-corrected chi connectivity index (χ1v) is 8.72. The molecule has 5 heteroatoms. The fraction of sp³-hybridized carbons (Fsp3) is 0.611. The molecule has 1 unspecified atom stereocenters. The second kappa shape index (κ2) is 7.90. The summed E-state index contributed by atoms with van der Waals surface area (Å²) in [5.74, 6) is 0.844. The van der Waals surface area contributed by atoms with Gasteiger partial charge in [0.15, 0.2) is 11.5 Å². The van der Waals surface area contributed by atoms with Gasteiger partial charge in [0.2, 0.25) is 0 Å². The van der Waals surface area contributed by atoms with Crippen LogP contribution in [0.25, 0.3) is 11.1 Å². The molecule has 1 aliphatic heterocycles. The fourth-order valence-electron chi connectivity index (χ4n) is 3.34. The smallest absolute Gasteiger partial charge is 0.195 e. The molecule has 0 aliphatic carbocycles. The lowest BCUT2D eigenvalue weighted by molar-refractivity contribution is 0.0631. The number of aliphatic hydroxyl groups is 1. The lowest BCUT2D eigenvalue weighted by atomic mass is 10.1. The molecular weight excluding hydrogens is 290 g/mol. The summed E-state index contributed by atoms with van der Waals surface area (Å²) in [6.07, 6.45) is 2.99. The molecular formula is C18H27N3O2. The number of benzene rings is 1. The van der Waals surface area contributed by atoms with E-state index in [0.717, 1.165) is 69.0 Å². The van der Waals surface area contributed by atoms with Crippen LogP contribution in [0.5, 0.6) is 0 Å². The summed E-state index contributed by atoms with van der Waals surface area (Å²) in [6.45, 7) is 7.79. The van der Waals surface area contributed by atoms with Crippen LogP contribution in [0, 0.1) is 0 Å². The van der Waals surface area contributed by atoms with E-state index in [2.05, 4.69) is 21.7 Å². The molecule has 1 atom stereocenters. The first-order valence-electron chi connectivity index (χ1n) is 8.72. The second-order valence-corrected chi connectivity index (χ2v) is 6.30. The minimum absolute atomic E-state index is 0.272. The molecule has 0 saturated carbocycles. The predicted molar refractivity (Wildman–Crippen MR) is 91.5 cm³/mol. The monoisotopic (exact) mass is 317 g/mol. The Morgan fingerprint density at radius 1 is 1.22 bits per heavy atom. The molecule has 1 fully saturated rings. The van der Waals surface area contributed by atoms with Gasteiger partial charge in [-0.2, -0.15) is 0 Å². The molecule has 2 heterocycles. The summed E-state index contributed by atoms with van der Waals surface area (Å²) in [7, 11) is 0. The van der Waals surface area contributed by atoms with Crippen LogP contribution in [0.2, 0.25) is 0 Å². The molecule has 0 spiro atoms. The molecule has 2 aromatic rings. The number of aryl methyl sites for hydroxylation is 1. The van der Waals surface area contributed by atoms with Gasteiger partial charge in [-0.05, 0) is 31.5 Å². The summed E-state index contributed by atoms with van der Waals surface area (Å²) in [4.78, 5) is 9.45. The third-order valence-corrected chi connectivity index (χ3v) is 4.81. The molecule has 1 aliphatic rings. The van der Waals surface area contributed by atoms with Crippen LogP contribution in [0.1, 0.15) is 25.7 Å². The Morgan fingerprint density at radius 3 is 2.70 bits per heavy atom. The average Bonchev–Trinajstić information content (AvgIpc) is 3.00. The minimum Gasteiger partial charge on any atom is -0.441 e. The molecule has 1 aromatic carbocycles. The summed E-state index contributed by atoms with van der Waals surface area (Å²) >= 11 is 0. The van der Waals surface area contributed by atoms with Crippen molar-refractivity contribution in [3.63, 3.8) is 0 Å². The molecule has 1 aromatic heterocycles. The summed E-state index contributed by atoms with van der Waals surface area (Å²) in [5.41, 5.74) is 1.83. The molecule has 1 saturated heterocycles. The fourth-order valence-corrected chi connectivity index (χ4v) is 3.34. The van der Waals surface area contributed by atoms with Gasteiger partial charge in [-0.1, -0.05) is 19.1 Å². The molecule has 5 nitrogen and oxygen atoms in total. The number of oxazole rings is 1. The molecule has 23 heavy (non-hydrogen) atoms. The molecule has 0 bridgehead atoms. The van der Waals surface area contributed by atoms with Gasteiger partial charge >= 0.3 is 0 Å². The van der Waals surface area contributed by atoms with Gasteiger partial charge in [-0.15, -0.1) is 0 Å². The van der Waals surface area contributed by atoms with Crippen molar-refractivity contribution in [3.05, 3.63) is 30.2 Å². The topological polar surface area (TPSA) is 52.7 Å². The highest BCUT2D eigenvalue weighted by Gasteiger charge is 2.21. The van der Waals surface area contributed by atoms with Crippen molar-refractivity contribution in [2.45, 2.75) is 32.2 Å². The van der Waals surface area contributed by atoms with E-state index in [0.29, 0.717) is 6.04 Å². The Bertz CT molecular complexity index is 568. The van der Waals surface area contributed by atoms with Crippen molar-refractivity contribution in [3.8, 4) is 0 Å². The van der Waals surface area contributed by atoms with Gasteiger partial charge in [0.25, 0.3) is 0 Å². The SMILES string of the molecule is CCC(CO)N1CCN(CCCc2nc3ccccc3o2)CC1. The number of aromatic nitrogens is 1. The lowest BCUT2D eigenvalue weighted by Gasteiger charge is -2.38. The van der Waals surface area contributed by atoms with E-state index in [9.17, 15) is 5.11 Å². The van der Waals surface area contributed by atoms with Gasteiger partial charge in [-0.3, -0.25) is 4.90 Å². The van der Waals surface area contributed by atoms with Crippen LogP contribution in [-0.2, 0) is 6.42 Å². The van der Waals surface area contributed by atoms with E-state index in [1.54, 1.807) is 0 Å². The maximum Gasteiger partial charge on any atom is 0.195 e. The van der Waals surface area contributed by atoms with E-state index >= 15 is 0 Å². The third kappa shape index (κ3) is 4.10. The number of hydrogen-bond donors (Lipinski definition) is 1. The van der Waals surface area contributed by atoms with Crippen molar-refractivity contribution in [2.75, 3.05) is 39.3 Å². The van der Waals surface area contributed by atoms with Gasteiger partial charge in [0.05, 0.1) is 6.61 Å². The first kappa shape index (κ1) is 16.4. The minimum atomic E-state index is 0.272. The third-order valence-electron chi connectivity index (χ3n) is 4.81. The van der Waals surface area contributed by atoms with Gasteiger partial charge in [0, 0.05) is 38.6 Å². The van der Waals surface area contributed by atoms with Crippen LogP contribution < -0.4 is 0 Å². The van der Waals surface area contributed by atoms with Gasteiger partial charge < -0.3 is 14.4 Å². The van der Waals surface area contributed by atoms with Crippen LogP contribution in [-0.4, -0.2) is 65.3 Å². The number of piperazine rings is 1. The lowest BCUT2D eigenvalue weighted by Crippen LogP contribution is -2.51. The average molecular weight is 317 g/mol. The van der Waals surface area contributed by atoms with Crippen molar-refractivity contribution in [1.29, 1.82) is 0 Å². The van der Waals surface area contributed by atoms with Crippen molar-refractivity contribution in [1.82, 2.24) is 14.8 Å². The van der Waals surface area contributed by atoms with E-state index in [1.165, 1.54) is 0 Å². The summed E-state index contributed by atoms with van der Waals surface area (Å²) < 4.78 is 5.77. The largest absolute Gasteiger partial charge is 0.441 e. The quantitative estimate of drug-likeness (QED) is 0.848. The molecule has 1 N–H and O–H groups in total. The maximum atomic E-state index is 9.40. The van der Waals surface area contributed by atoms with E-state index in [-0.39, 0.29) is 6.61 Å². The van der Waals surface area contributed by atoms with Gasteiger partial charge in [-0.25, -0.2) is 4.98 Å². The zero-order chi connectivity index (χ0) is 16.1. The summed E-state index contributed by atoms with van der Waals surface area (Å²) in [5, 5.41) is 9.40. The van der Waals surface area contributed by atoms with E-state index < -0.39 is 0 Å². The highest BCUT2D eigenvalue weighted by Crippen LogP contribution is 2.16. The highest BCUT2D eigenvalue weighted by atomic mass is 16.3. The number of hydrogen-bond acceptors (Lipinski definition) is 5. The molecule has 0 radical (unpaired) electrons. The molecule has 126 valence electrons. The van der Waals surface area contributed by atoms with Crippen LogP contribution in [0.4, 0.5) is 0 Å². The second-order valence-electron chi connectivity index (χ2n) is 6.30. The van der Waals surface area contributed by atoms with Crippen molar-refractivity contribution in [2.24, 2.45) is 0 Å². The number of rotatable bonds is 7. The standard InChI is InChI=1S/C18H27N3O2/c1-2-15(14-22)21-12-10-20(11-13-21)9-5-8-18-19-16-6-3-4-7-17(16)23-18/h3-4,6-7,15,22H,2,5,8-14H2,1H3. The Labute approximate surface area is 137 Å². The Morgan fingerprint density at radius 2 is 2.00 bits per heavy atom. The Kier molecular flexibility index (Phi) is 5.65. The zero-order valence-corrected chi connectivity index (χ0v) is 13.9. The van der Waals surface area contributed by atoms with Crippen LogP contribution >= 0.6 is 0 Å². The van der Waals surface area contributed by atoms with Crippen LogP contribution in [0.15, 0.2) is 28.7 Å². The highest BCUT2D eigenvalue weighted by molar-refractivity contribution is 5.72. The number of para-hydroxylation sites is 2. The zero-order valence-electron chi connectivity index (χ0n) is 13.9. The van der Waals surface area contributed by atoms with E-state index in [4.69, 9.17) is 4.42 Å². The van der Waals surface area contributed by atoms with Gasteiger partial charge in [0.1, 0.15) is 5.52 Å².